The lowest BCUT2D eigenvalue weighted by atomic mass is 10.2. The average Bonchev–Trinajstić information content (AvgIpc) is 2.75. The maximum Gasteiger partial charge on any atom is 0.168 e. The third-order valence-electron chi connectivity index (χ3n) is 3.17. The minimum atomic E-state index is -0.469. The molecule has 102 valence electrons. The molecule has 0 bridgehead atoms. The third-order valence-corrected chi connectivity index (χ3v) is 3.17. The molecule has 3 aromatic rings. The van der Waals surface area contributed by atoms with E-state index in [1.165, 1.54) is 6.07 Å². The number of anilines is 1. The van der Waals surface area contributed by atoms with Crippen LogP contribution in [-0.4, -0.2) is 9.55 Å². The van der Waals surface area contributed by atoms with E-state index in [2.05, 4.69) is 4.98 Å². The second-order valence-corrected chi connectivity index (χ2v) is 4.76. The number of ether oxygens (including phenoxy) is 1. The SMILES string of the molecule is Cc1cc(N)cc(F)c1Oc1ccc2c(c1)ncn2C. The Labute approximate surface area is 115 Å². The first-order chi connectivity index (χ1) is 9.54. The van der Waals surface area contributed by atoms with Crippen LogP contribution in [-0.2, 0) is 7.05 Å². The Kier molecular flexibility index (Phi) is 2.82. The van der Waals surface area contributed by atoms with Gasteiger partial charge in [0, 0.05) is 24.9 Å². The van der Waals surface area contributed by atoms with Crippen molar-refractivity contribution in [2.45, 2.75) is 6.92 Å². The monoisotopic (exact) mass is 271 g/mol. The van der Waals surface area contributed by atoms with Crippen molar-refractivity contribution in [3.05, 3.63) is 48.0 Å². The molecule has 0 aliphatic heterocycles. The van der Waals surface area contributed by atoms with Gasteiger partial charge in [-0.3, -0.25) is 0 Å². The number of fused-ring (bicyclic) bond motifs is 1. The summed E-state index contributed by atoms with van der Waals surface area (Å²) in [6.07, 6.45) is 1.73. The standard InChI is InChI=1S/C15H14FN3O/c1-9-5-10(17)6-12(16)15(9)20-11-3-4-14-13(7-11)18-8-19(14)2/h3-8H,17H2,1-2H3. The van der Waals surface area contributed by atoms with Crippen LogP contribution in [0, 0.1) is 12.7 Å². The van der Waals surface area contributed by atoms with Gasteiger partial charge in [0.1, 0.15) is 5.75 Å². The summed E-state index contributed by atoms with van der Waals surface area (Å²) in [6, 6.07) is 8.39. The normalized spacial score (nSPS) is 10.9. The summed E-state index contributed by atoms with van der Waals surface area (Å²) in [5.41, 5.74) is 8.43. The Hall–Kier alpha value is -2.56. The van der Waals surface area contributed by atoms with Crippen LogP contribution < -0.4 is 10.5 Å². The summed E-state index contributed by atoms with van der Waals surface area (Å²) in [7, 11) is 1.92. The Bertz CT molecular complexity index is 772. The minimum Gasteiger partial charge on any atom is -0.454 e. The highest BCUT2D eigenvalue weighted by atomic mass is 19.1. The summed E-state index contributed by atoms with van der Waals surface area (Å²) < 4.78 is 21.4. The van der Waals surface area contributed by atoms with Crippen LogP contribution >= 0.6 is 0 Å². The molecule has 0 spiro atoms. The fourth-order valence-corrected chi connectivity index (χ4v) is 2.18. The van der Waals surface area contributed by atoms with Gasteiger partial charge in [-0.15, -0.1) is 0 Å². The summed E-state index contributed by atoms with van der Waals surface area (Å²) in [4.78, 5) is 4.25. The van der Waals surface area contributed by atoms with E-state index < -0.39 is 5.82 Å². The van der Waals surface area contributed by atoms with Crippen molar-refractivity contribution in [2.75, 3.05) is 5.73 Å². The molecule has 0 saturated heterocycles. The predicted molar refractivity (Wildman–Crippen MR) is 76.3 cm³/mol. The van der Waals surface area contributed by atoms with E-state index >= 15 is 0 Å². The van der Waals surface area contributed by atoms with E-state index in [1.54, 1.807) is 31.5 Å². The fraction of sp³-hybridized carbons (Fsp3) is 0.133. The number of halogens is 1. The Morgan fingerprint density at radius 2 is 2.05 bits per heavy atom. The number of nitrogens with zero attached hydrogens (tertiary/aromatic N) is 2. The minimum absolute atomic E-state index is 0.189. The first-order valence-electron chi connectivity index (χ1n) is 6.19. The number of imidazole rings is 1. The van der Waals surface area contributed by atoms with E-state index in [0.29, 0.717) is 17.0 Å². The lowest BCUT2D eigenvalue weighted by Crippen LogP contribution is -1.95. The molecule has 1 aromatic heterocycles. The molecule has 5 heteroatoms. The molecule has 0 atom stereocenters. The molecule has 0 radical (unpaired) electrons. The van der Waals surface area contributed by atoms with Gasteiger partial charge in [-0.25, -0.2) is 9.37 Å². The topological polar surface area (TPSA) is 53.1 Å². The molecule has 0 unspecified atom stereocenters. The second kappa shape index (κ2) is 4.52. The zero-order chi connectivity index (χ0) is 14.3. The molecule has 20 heavy (non-hydrogen) atoms. The number of benzene rings is 2. The second-order valence-electron chi connectivity index (χ2n) is 4.76. The van der Waals surface area contributed by atoms with Crippen molar-refractivity contribution in [1.82, 2.24) is 9.55 Å². The molecule has 2 aromatic carbocycles. The number of rotatable bonds is 2. The van der Waals surface area contributed by atoms with Crippen molar-refractivity contribution < 1.29 is 9.13 Å². The summed E-state index contributed by atoms with van der Waals surface area (Å²) in [5.74, 6) is 0.265. The van der Waals surface area contributed by atoms with Crippen LogP contribution in [0.5, 0.6) is 11.5 Å². The Morgan fingerprint density at radius 1 is 1.25 bits per heavy atom. The smallest absolute Gasteiger partial charge is 0.168 e. The summed E-state index contributed by atoms with van der Waals surface area (Å²) >= 11 is 0. The van der Waals surface area contributed by atoms with Gasteiger partial charge >= 0.3 is 0 Å². The molecule has 0 amide bonds. The van der Waals surface area contributed by atoms with Crippen molar-refractivity contribution in [3.63, 3.8) is 0 Å². The van der Waals surface area contributed by atoms with Crippen molar-refractivity contribution in [1.29, 1.82) is 0 Å². The first kappa shape index (κ1) is 12.5. The quantitative estimate of drug-likeness (QED) is 0.727. The highest BCUT2D eigenvalue weighted by Gasteiger charge is 2.11. The fourth-order valence-electron chi connectivity index (χ4n) is 2.18. The van der Waals surface area contributed by atoms with Crippen LogP contribution in [0.4, 0.5) is 10.1 Å². The highest BCUT2D eigenvalue weighted by Crippen LogP contribution is 2.31. The molecular weight excluding hydrogens is 257 g/mol. The Balaban J connectivity index is 2.01. The molecule has 3 rings (SSSR count). The third kappa shape index (κ3) is 2.07. The zero-order valence-electron chi connectivity index (χ0n) is 11.2. The van der Waals surface area contributed by atoms with Gasteiger partial charge in [-0.1, -0.05) is 0 Å². The van der Waals surface area contributed by atoms with Gasteiger partial charge in [0.25, 0.3) is 0 Å². The van der Waals surface area contributed by atoms with Crippen molar-refractivity contribution in [2.24, 2.45) is 7.05 Å². The van der Waals surface area contributed by atoms with Crippen LogP contribution in [0.3, 0.4) is 0 Å². The number of aromatic nitrogens is 2. The summed E-state index contributed by atoms with van der Waals surface area (Å²) in [6.45, 7) is 1.76. The van der Waals surface area contributed by atoms with Crippen LogP contribution in [0.15, 0.2) is 36.7 Å². The lowest BCUT2D eigenvalue weighted by molar-refractivity contribution is 0.439. The number of nitrogens with two attached hydrogens (primary N) is 1. The van der Waals surface area contributed by atoms with Gasteiger partial charge in [-0.05, 0) is 30.7 Å². The maximum atomic E-state index is 13.9. The maximum absolute atomic E-state index is 13.9. The van der Waals surface area contributed by atoms with Crippen molar-refractivity contribution >= 4 is 16.7 Å². The molecule has 0 fully saturated rings. The highest BCUT2D eigenvalue weighted by molar-refractivity contribution is 5.77. The number of nitrogen functional groups attached to an aromatic ring is 1. The molecule has 1 heterocycles. The molecule has 0 aliphatic rings. The molecular formula is C15H14FN3O. The van der Waals surface area contributed by atoms with Crippen LogP contribution in [0.25, 0.3) is 11.0 Å². The van der Waals surface area contributed by atoms with Gasteiger partial charge in [0.15, 0.2) is 11.6 Å². The van der Waals surface area contributed by atoms with Crippen LogP contribution in [0.1, 0.15) is 5.56 Å². The van der Waals surface area contributed by atoms with E-state index in [1.807, 2.05) is 17.7 Å². The average molecular weight is 271 g/mol. The number of aryl methyl sites for hydroxylation is 2. The largest absolute Gasteiger partial charge is 0.454 e. The van der Waals surface area contributed by atoms with Gasteiger partial charge in [0.05, 0.1) is 17.4 Å². The zero-order valence-corrected chi connectivity index (χ0v) is 11.2. The molecule has 0 saturated carbocycles. The van der Waals surface area contributed by atoms with E-state index in [9.17, 15) is 4.39 Å². The van der Waals surface area contributed by atoms with E-state index in [4.69, 9.17) is 10.5 Å². The van der Waals surface area contributed by atoms with Gasteiger partial charge in [-0.2, -0.15) is 0 Å². The summed E-state index contributed by atoms with van der Waals surface area (Å²) in [5, 5.41) is 0. The van der Waals surface area contributed by atoms with Crippen LogP contribution in [0.2, 0.25) is 0 Å². The van der Waals surface area contributed by atoms with Gasteiger partial charge < -0.3 is 15.0 Å². The first-order valence-corrected chi connectivity index (χ1v) is 6.19. The van der Waals surface area contributed by atoms with Gasteiger partial charge in [0.2, 0.25) is 0 Å². The number of hydrogen-bond donors (Lipinski definition) is 1. The van der Waals surface area contributed by atoms with Crippen molar-refractivity contribution in [3.8, 4) is 11.5 Å². The molecule has 2 N–H and O–H groups in total. The lowest BCUT2D eigenvalue weighted by Gasteiger charge is -2.10. The Morgan fingerprint density at radius 3 is 2.80 bits per heavy atom. The number of hydrogen-bond acceptors (Lipinski definition) is 3. The van der Waals surface area contributed by atoms with E-state index in [-0.39, 0.29) is 5.75 Å². The predicted octanol–water partition coefficient (Wildman–Crippen LogP) is 3.40. The molecule has 0 aliphatic carbocycles. The van der Waals surface area contributed by atoms with E-state index in [0.717, 1.165) is 11.0 Å². The molecule has 4 nitrogen and oxygen atoms in total.